The van der Waals surface area contributed by atoms with Crippen LogP contribution >= 0.6 is 0 Å². The third-order valence-corrected chi connectivity index (χ3v) is 5.57. The minimum Gasteiger partial charge on any atom is -0.497 e. The molecule has 3 rings (SSSR count). The van der Waals surface area contributed by atoms with E-state index in [1.165, 1.54) is 4.90 Å². The number of nitro groups is 1. The van der Waals surface area contributed by atoms with Crippen LogP contribution in [0.25, 0.3) is 0 Å². The molecule has 7 heteroatoms. The number of rotatable bonds is 9. The van der Waals surface area contributed by atoms with E-state index in [-0.39, 0.29) is 17.4 Å². The first-order valence-corrected chi connectivity index (χ1v) is 11.7. The lowest BCUT2D eigenvalue weighted by Crippen LogP contribution is -2.33. The normalized spacial score (nSPS) is 13.1. The van der Waals surface area contributed by atoms with E-state index in [9.17, 15) is 14.9 Å². The van der Waals surface area contributed by atoms with E-state index in [2.05, 4.69) is 0 Å². The number of nitrogens with zero attached hydrogens (tertiary/aromatic N) is 2. The van der Waals surface area contributed by atoms with E-state index in [0.29, 0.717) is 11.4 Å². The molecule has 0 radical (unpaired) electrons. The first-order chi connectivity index (χ1) is 17.2. The average Bonchev–Trinajstić information content (AvgIpc) is 2.85. The van der Waals surface area contributed by atoms with Gasteiger partial charge < -0.3 is 9.47 Å². The van der Waals surface area contributed by atoms with Gasteiger partial charge in [0.15, 0.2) is 0 Å². The Morgan fingerprint density at radius 3 is 2.00 bits per heavy atom. The molecule has 1 amide bonds. The SMILES string of the molecule is COc1ccc(N(/C=C/[C@@H](c2ccccc2)[C@@H](C[N+](=O)[O-])c2ccccc2)C(=O)OC(C)(C)C)cc1. The summed E-state index contributed by atoms with van der Waals surface area (Å²) in [6, 6.07) is 26.0. The Bertz CT molecular complexity index is 1160. The molecule has 0 spiro atoms. The van der Waals surface area contributed by atoms with Gasteiger partial charge in [0, 0.05) is 17.0 Å². The lowest BCUT2D eigenvalue weighted by atomic mass is 9.81. The van der Waals surface area contributed by atoms with E-state index in [4.69, 9.17) is 9.47 Å². The first-order valence-electron chi connectivity index (χ1n) is 11.7. The molecule has 0 aliphatic carbocycles. The molecule has 0 bridgehead atoms. The molecule has 0 N–H and O–H groups in total. The number of methoxy groups -OCH3 is 1. The van der Waals surface area contributed by atoms with E-state index in [1.54, 1.807) is 58.3 Å². The molecule has 7 nitrogen and oxygen atoms in total. The van der Waals surface area contributed by atoms with Crippen LogP contribution in [-0.4, -0.2) is 30.3 Å². The summed E-state index contributed by atoms with van der Waals surface area (Å²) in [5, 5.41) is 11.7. The van der Waals surface area contributed by atoms with Crippen molar-refractivity contribution in [2.45, 2.75) is 38.2 Å². The van der Waals surface area contributed by atoms with Crippen molar-refractivity contribution in [1.82, 2.24) is 0 Å². The zero-order valence-corrected chi connectivity index (χ0v) is 21.0. The highest BCUT2D eigenvalue weighted by atomic mass is 16.6. The minimum atomic E-state index is -0.702. The highest BCUT2D eigenvalue weighted by molar-refractivity contribution is 5.90. The fraction of sp³-hybridized carbons (Fsp3) is 0.276. The van der Waals surface area contributed by atoms with Gasteiger partial charge in [-0.2, -0.15) is 0 Å². The van der Waals surface area contributed by atoms with Crippen molar-refractivity contribution < 1.29 is 19.2 Å². The Kier molecular flexibility index (Phi) is 8.84. The number of benzene rings is 3. The Morgan fingerprint density at radius 1 is 0.944 bits per heavy atom. The van der Waals surface area contributed by atoms with Gasteiger partial charge in [0.1, 0.15) is 11.4 Å². The monoisotopic (exact) mass is 488 g/mol. The van der Waals surface area contributed by atoms with E-state index in [1.807, 2.05) is 66.7 Å². The maximum atomic E-state index is 13.2. The highest BCUT2D eigenvalue weighted by Crippen LogP contribution is 2.35. The van der Waals surface area contributed by atoms with Gasteiger partial charge in [0.2, 0.25) is 6.54 Å². The number of hydrogen-bond acceptors (Lipinski definition) is 5. The second-order valence-corrected chi connectivity index (χ2v) is 9.36. The van der Waals surface area contributed by atoms with Crippen molar-refractivity contribution in [1.29, 1.82) is 0 Å². The van der Waals surface area contributed by atoms with E-state index >= 15 is 0 Å². The third kappa shape index (κ3) is 7.43. The van der Waals surface area contributed by atoms with Gasteiger partial charge in [-0.15, -0.1) is 0 Å². The fourth-order valence-electron chi connectivity index (χ4n) is 3.92. The Morgan fingerprint density at radius 2 is 1.50 bits per heavy atom. The van der Waals surface area contributed by atoms with Crippen molar-refractivity contribution in [3.05, 3.63) is 118 Å². The summed E-state index contributed by atoms with van der Waals surface area (Å²) in [5.41, 5.74) is 1.63. The molecule has 0 saturated carbocycles. The lowest BCUT2D eigenvalue weighted by molar-refractivity contribution is -0.483. The lowest BCUT2D eigenvalue weighted by Gasteiger charge is -2.27. The van der Waals surface area contributed by atoms with Crippen LogP contribution in [0.1, 0.15) is 43.7 Å². The van der Waals surface area contributed by atoms with Crippen LogP contribution < -0.4 is 9.64 Å². The Hall–Kier alpha value is -4.13. The van der Waals surface area contributed by atoms with Crippen LogP contribution in [0, 0.1) is 10.1 Å². The molecule has 188 valence electrons. The molecule has 36 heavy (non-hydrogen) atoms. The van der Waals surface area contributed by atoms with Crippen LogP contribution in [0.3, 0.4) is 0 Å². The molecule has 0 unspecified atom stereocenters. The molecule has 0 fully saturated rings. The van der Waals surface area contributed by atoms with Crippen molar-refractivity contribution in [3.8, 4) is 5.75 Å². The second kappa shape index (κ2) is 12.0. The molecular formula is C29H32N2O5. The number of allylic oxidation sites excluding steroid dienone is 1. The smallest absolute Gasteiger partial charge is 0.418 e. The summed E-state index contributed by atoms with van der Waals surface area (Å²) >= 11 is 0. The predicted molar refractivity (Wildman–Crippen MR) is 141 cm³/mol. The molecule has 0 heterocycles. The van der Waals surface area contributed by atoms with Crippen molar-refractivity contribution in [3.63, 3.8) is 0 Å². The van der Waals surface area contributed by atoms with Gasteiger partial charge in [-0.3, -0.25) is 15.0 Å². The summed E-state index contributed by atoms with van der Waals surface area (Å²) in [6.07, 6.45) is 2.93. The molecular weight excluding hydrogens is 456 g/mol. The van der Waals surface area contributed by atoms with Gasteiger partial charge in [-0.05, 0) is 56.2 Å². The van der Waals surface area contributed by atoms with Crippen molar-refractivity contribution >= 4 is 11.8 Å². The zero-order valence-electron chi connectivity index (χ0n) is 21.0. The quantitative estimate of drug-likeness (QED) is 0.244. The van der Waals surface area contributed by atoms with Gasteiger partial charge in [0.05, 0.1) is 18.7 Å². The number of amides is 1. The zero-order chi connectivity index (χ0) is 26.1. The summed E-state index contributed by atoms with van der Waals surface area (Å²) in [4.78, 5) is 26.0. The number of ether oxygens (including phenoxy) is 2. The van der Waals surface area contributed by atoms with Crippen LogP contribution in [0.4, 0.5) is 10.5 Å². The molecule has 0 saturated heterocycles. The second-order valence-electron chi connectivity index (χ2n) is 9.36. The highest BCUT2D eigenvalue weighted by Gasteiger charge is 2.29. The van der Waals surface area contributed by atoms with Crippen LogP contribution in [0.15, 0.2) is 97.2 Å². The van der Waals surface area contributed by atoms with Crippen LogP contribution in [0.5, 0.6) is 5.75 Å². The number of hydrogen-bond donors (Lipinski definition) is 0. The van der Waals surface area contributed by atoms with E-state index < -0.39 is 17.6 Å². The fourth-order valence-corrected chi connectivity index (χ4v) is 3.92. The summed E-state index contributed by atoms with van der Waals surface area (Å²) in [7, 11) is 1.57. The van der Waals surface area contributed by atoms with Gasteiger partial charge >= 0.3 is 6.09 Å². The summed E-state index contributed by atoms with van der Waals surface area (Å²) < 4.78 is 10.9. The maximum Gasteiger partial charge on any atom is 0.418 e. The average molecular weight is 489 g/mol. The predicted octanol–water partition coefficient (Wildman–Crippen LogP) is 6.79. The third-order valence-electron chi connectivity index (χ3n) is 5.57. The molecule has 2 atom stereocenters. The van der Waals surface area contributed by atoms with Gasteiger partial charge in [0.25, 0.3) is 0 Å². The standard InChI is InChI=1S/C29H32N2O5/c1-29(2,3)36-28(32)30(24-15-17-25(35-4)18-16-24)20-19-26(22-11-7-5-8-12-22)27(21-31(33)34)23-13-9-6-10-14-23/h5-20,26-27H,21H2,1-4H3/b20-19+/t26-,27-/m0/s1. The summed E-state index contributed by atoms with van der Waals surface area (Å²) in [5.74, 6) is -0.164. The van der Waals surface area contributed by atoms with Crippen LogP contribution in [-0.2, 0) is 4.74 Å². The maximum absolute atomic E-state index is 13.2. The molecule has 0 aliphatic rings. The topological polar surface area (TPSA) is 81.9 Å². The molecule has 3 aromatic carbocycles. The van der Waals surface area contributed by atoms with E-state index in [0.717, 1.165) is 11.1 Å². The van der Waals surface area contributed by atoms with Gasteiger partial charge in [-0.25, -0.2) is 4.79 Å². The number of carbonyl (C=O) groups is 1. The molecule has 0 aliphatic heterocycles. The van der Waals surface area contributed by atoms with Gasteiger partial charge in [-0.1, -0.05) is 66.7 Å². The Labute approximate surface area is 212 Å². The first kappa shape index (κ1) is 26.5. The number of anilines is 1. The van der Waals surface area contributed by atoms with Crippen molar-refractivity contribution in [2.75, 3.05) is 18.6 Å². The minimum absolute atomic E-state index is 0.261. The summed E-state index contributed by atoms with van der Waals surface area (Å²) in [6.45, 7) is 5.14. The molecule has 0 aromatic heterocycles. The molecule has 3 aromatic rings. The Balaban J connectivity index is 2.08. The van der Waals surface area contributed by atoms with Crippen LogP contribution in [0.2, 0.25) is 0 Å². The largest absolute Gasteiger partial charge is 0.497 e. The number of carbonyl (C=O) groups excluding carboxylic acids is 1. The van der Waals surface area contributed by atoms with Crippen molar-refractivity contribution in [2.24, 2.45) is 0 Å².